The molecule has 0 aliphatic rings. The van der Waals surface area contributed by atoms with E-state index in [0.717, 1.165) is 6.42 Å². The molecule has 2 rings (SSSR count). The predicted molar refractivity (Wildman–Crippen MR) is 83.2 cm³/mol. The monoisotopic (exact) mass is 307 g/mol. The van der Waals surface area contributed by atoms with Crippen molar-refractivity contribution in [1.82, 2.24) is 5.32 Å². The molecule has 0 spiro atoms. The number of rotatable bonds is 6. The zero-order valence-corrected chi connectivity index (χ0v) is 12.5. The first-order valence-electron chi connectivity index (χ1n) is 6.61. The van der Waals surface area contributed by atoms with E-state index in [4.69, 9.17) is 10.9 Å². The SMILES string of the molecule is CC(Cc1ccsc1)NCc1ccc(C(N)=NO)cc1F. The van der Waals surface area contributed by atoms with Crippen molar-refractivity contribution in [2.75, 3.05) is 0 Å². The summed E-state index contributed by atoms with van der Waals surface area (Å²) in [5, 5.41) is 18.9. The van der Waals surface area contributed by atoms with Gasteiger partial charge in [0.25, 0.3) is 0 Å². The lowest BCUT2D eigenvalue weighted by Crippen LogP contribution is -2.27. The molecule has 6 heteroatoms. The number of halogens is 1. The van der Waals surface area contributed by atoms with E-state index < -0.39 is 0 Å². The van der Waals surface area contributed by atoms with Crippen molar-refractivity contribution in [1.29, 1.82) is 0 Å². The van der Waals surface area contributed by atoms with Crippen LogP contribution in [0.4, 0.5) is 4.39 Å². The average Bonchev–Trinajstić information content (AvgIpc) is 2.98. The number of nitrogens with zero attached hydrogens (tertiary/aromatic N) is 1. The fraction of sp³-hybridized carbons (Fsp3) is 0.267. The van der Waals surface area contributed by atoms with Crippen LogP contribution in [0.1, 0.15) is 23.6 Å². The molecule has 0 radical (unpaired) electrons. The van der Waals surface area contributed by atoms with Crippen LogP contribution in [0.2, 0.25) is 0 Å². The Morgan fingerprint density at radius 1 is 1.48 bits per heavy atom. The van der Waals surface area contributed by atoms with Crippen LogP contribution < -0.4 is 11.1 Å². The van der Waals surface area contributed by atoms with Gasteiger partial charge < -0.3 is 16.3 Å². The molecule has 1 aromatic heterocycles. The van der Waals surface area contributed by atoms with Gasteiger partial charge in [0.1, 0.15) is 5.82 Å². The van der Waals surface area contributed by atoms with Crippen LogP contribution in [0.25, 0.3) is 0 Å². The van der Waals surface area contributed by atoms with Gasteiger partial charge in [-0.1, -0.05) is 17.3 Å². The Kier molecular flexibility index (Phi) is 5.30. The van der Waals surface area contributed by atoms with Crippen molar-refractivity contribution in [3.8, 4) is 0 Å². The Balaban J connectivity index is 1.94. The lowest BCUT2D eigenvalue weighted by Gasteiger charge is -2.14. The van der Waals surface area contributed by atoms with Crippen molar-refractivity contribution in [3.63, 3.8) is 0 Å². The molecule has 0 fully saturated rings. The lowest BCUT2D eigenvalue weighted by atomic mass is 10.1. The minimum atomic E-state index is -0.366. The van der Waals surface area contributed by atoms with Gasteiger partial charge in [0.05, 0.1) is 0 Å². The summed E-state index contributed by atoms with van der Waals surface area (Å²) in [6, 6.07) is 6.90. The highest BCUT2D eigenvalue weighted by Crippen LogP contribution is 2.12. The van der Waals surface area contributed by atoms with Crippen LogP contribution in [-0.2, 0) is 13.0 Å². The number of hydrogen-bond acceptors (Lipinski definition) is 4. The molecule has 0 bridgehead atoms. The number of nitrogens with one attached hydrogen (secondary N) is 1. The van der Waals surface area contributed by atoms with Crippen LogP contribution in [-0.4, -0.2) is 17.1 Å². The fourth-order valence-corrected chi connectivity index (χ4v) is 2.71. The predicted octanol–water partition coefficient (Wildman–Crippen LogP) is 2.70. The summed E-state index contributed by atoms with van der Waals surface area (Å²) in [5.41, 5.74) is 7.63. The van der Waals surface area contributed by atoms with Gasteiger partial charge in [0, 0.05) is 23.7 Å². The topological polar surface area (TPSA) is 70.6 Å². The van der Waals surface area contributed by atoms with Crippen LogP contribution >= 0.6 is 11.3 Å². The van der Waals surface area contributed by atoms with E-state index >= 15 is 0 Å². The quantitative estimate of drug-likeness (QED) is 0.332. The highest BCUT2D eigenvalue weighted by atomic mass is 32.1. The summed E-state index contributed by atoms with van der Waals surface area (Å²) in [6.45, 7) is 2.51. The molecular formula is C15H18FN3OS. The van der Waals surface area contributed by atoms with E-state index in [1.165, 1.54) is 11.6 Å². The summed E-state index contributed by atoms with van der Waals surface area (Å²) in [7, 11) is 0. The maximum absolute atomic E-state index is 13.9. The normalized spacial score (nSPS) is 13.3. The Labute approximate surface area is 127 Å². The van der Waals surface area contributed by atoms with Gasteiger partial charge in [-0.15, -0.1) is 0 Å². The molecule has 4 nitrogen and oxygen atoms in total. The van der Waals surface area contributed by atoms with Gasteiger partial charge in [0.15, 0.2) is 5.84 Å². The molecular weight excluding hydrogens is 289 g/mol. The Morgan fingerprint density at radius 3 is 2.90 bits per heavy atom. The highest BCUT2D eigenvalue weighted by Gasteiger charge is 2.08. The number of hydrogen-bond donors (Lipinski definition) is 3. The smallest absolute Gasteiger partial charge is 0.170 e. The molecule has 21 heavy (non-hydrogen) atoms. The molecule has 2 aromatic rings. The number of benzene rings is 1. The van der Waals surface area contributed by atoms with E-state index in [1.807, 2.05) is 5.38 Å². The standard InChI is InChI=1S/C15H18FN3OS/c1-10(6-11-4-5-21-9-11)18-8-13-3-2-12(7-14(13)16)15(17)19-20/h2-5,7,9-10,18,20H,6,8H2,1H3,(H2,17,19). The third kappa shape index (κ3) is 4.27. The molecule has 0 saturated heterocycles. The average molecular weight is 307 g/mol. The minimum absolute atomic E-state index is 0.0979. The molecule has 1 atom stereocenters. The fourth-order valence-electron chi connectivity index (χ4n) is 2.03. The Morgan fingerprint density at radius 2 is 2.29 bits per heavy atom. The van der Waals surface area contributed by atoms with Crippen LogP contribution in [0, 0.1) is 5.82 Å². The van der Waals surface area contributed by atoms with Crippen molar-refractivity contribution >= 4 is 17.2 Å². The zero-order chi connectivity index (χ0) is 15.2. The largest absolute Gasteiger partial charge is 0.409 e. The van der Waals surface area contributed by atoms with Crippen molar-refractivity contribution in [2.45, 2.75) is 25.9 Å². The molecule has 1 aromatic carbocycles. The van der Waals surface area contributed by atoms with Crippen molar-refractivity contribution < 1.29 is 9.60 Å². The number of amidine groups is 1. The Bertz CT molecular complexity index is 613. The van der Waals surface area contributed by atoms with Crippen molar-refractivity contribution in [3.05, 3.63) is 57.5 Å². The van der Waals surface area contributed by atoms with Gasteiger partial charge in [0.2, 0.25) is 0 Å². The molecule has 1 heterocycles. The van der Waals surface area contributed by atoms with E-state index in [2.05, 4.69) is 28.8 Å². The van der Waals surface area contributed by atoms with Gasteiger partial charge in [-0.25, -0.2) is 4.39 Å². The highest BCUT2D eigenvalue weighted by molar-refractivity contribution is 7.07. The van der Waals surface area contributed by atoms with Gasteiger partial charge in [-0.05, 0) is 41.8 Å². The second kappa shape index (κ2) is 7.19. The summed E-state index contributed by atoms with van der Waals surface area (Å²) in [5.74, 6) is -0.464. The third-order valence-corrected chi connectivity index (χ3v) is 3.95. The number of thiophene rings is 1. The maximum atomic E-state index is 13.9. The molecule has 1 unspecified atom stereocenters. The van der Waals surface area contributed by atoms with E-state index in [-0.39, 0.29) is 17.7 Å². The molecule has 0 aliphatic heterocycles. The van der Waals surface area contributed by atoms with Gasteiger partial charge in [-0.3, -0.25) is 0 Å². The van der Waals surface area contributed by atoms with Crippen LogP contribution in [0.3, 0.4) is 0 Å². The minimum Gasteiger partial charge on any atom is -0.409 e. The number of oxime groups is 1. The number of nitrogens with two attached hydrogens (primary N) is 1. The summed E-state index contributed by atoms with van der Waals surface area (Å²) in [6.07, 6.45) is 0.910. The molecule has 4 N–H and O–H groups in total. The molecule has 0 saturated carbocycles. The molecule has 112 valence electrons. The first-order chi connectivity index (χ1) is 10.1. The zero-order valence-electron chi connectivity index (χ0n) is 11.7. The second-order valence-corrected chi connectivity index (χ2v) is 5.69. The second-order valence-electron chi connectivity index (χ2n) is 4.91. The first kappa shape index (κ1) is 15.5. The summed E-state index contributed by atoms with van der Waals surface area (Å²) < 4.78 is 13.9. The van der Waals surface area contributed by atoms with E-state index in [1.54, 1.807) is 23.5 Å². The molecule has 0 amide bonds. The van der Waals surface area contributed by atoms with Gasteiger partial charge >= 0.3 is 0 Å². The van der Waals surface area contributed by atoms with Crippen molar-refractivity contribution in [2.24, 2.45) is 10.9 Å². The van der Waals surface area contributed by atoms with E-state index in [9.17, 15) is 4.39 Å². The lowest BCUT2D eigenvalue weighted by molar-refractivity contribution is 0.318. The maximum Gasteiger partial charge on any atom is 0.170 e. The first-order valence-corrected chi connectivity index (χ1v) is 7.55. The summed E-state index contributed by atoms with van der Waals surface area (Å²) >= 11 is 1.67. The van der Waals surface area contributed by atoms with E-state index in [0.29, 0.717) is 17.7 Å². The molecule has 0 aliphatic carbocycles. The van der Waals surface area contributed by atoms with Crippen LogP contribution in [0.5, 0.6) is 0 Å². The third-order valence-electron chi connectivity index (χ3n) is 3.22. The van der Waals surface area contributed by atoms with Gasteiger partial charge in [-0.2, -0.15) is 11.3 Å². The summed E-state index contributed by atoms with van der Waals surface area (Å²) in [4.78, 5) is 0. The Hall–Kier alpha value is -1.92. The van der Waals surface area contributed by atoms with Crippen LogP contribution in [0.15, 0.2) is 40.2 Å².